The first-order chi connectivity index (χ1) is 5.65. The zero-order valence-electron chi connectivity index (χ0n) is 6.01. The van der Waals surface area contributed by atoms with E-state index in [4.69, 9.17) is 28.4 Å². The van der Waals surface area contributed by atoms with Crippen LogP contribution >= 0.6 is 23.2 Å². The molecule has 1 aromatic carbocycles. The largest absolute Gasteiger partial charge is 0.506 e. The average molecular weight is 208 g/mol. The average Bonchev–Trinajstić information content (AvgIpc) is 2.00. The predicted octanol–water partition coefficient (Wildman–Crippen LogP) is 2.18. The standard InChI is InChI=1S/C7H7Cl2NO2/c8-5-1-4(3-10-12)7(11)6(9)2-5/h1-2,10-12H,3H2. The fourth-order valence-corrected chi connectivity index (χ4v) is 1.37. The van der Waals surface area contributed by atoms with Gasteiger partial charge in [-0.1, -0.05) is 23.2 Å². The molecule has 0 aliphatic rings. The van der Waals surface area contributed by atoms with Crippen molar-refractivity contribution < 1.29 is 10.3 Å². The van der Waals surface area contributed by atoms with E-state index in [2.05, 4.69) is 0 Å². The third-order valence-corrected chi connectivity index (χ3v) is 1.88. The zero-order chi connectivity index (χ0) is 9.14. The maximum Gasteiger partial charge on any atom is 0.138 e. The highest BCUT2D eigenvalue weighted by Crippen LogP contribution is 2.30. The van der Waals surface area contributed by atoms with Crippen LogP contribution in [0.2, 0.25) is 10.0 Å². The van der Waals surface area contributed by atoms with Gasteiger partial charge in [0.2, 0.25) is 0 Å². The molecular formula is C7H7Cl2NO2. The van der Waals surface area contributed by atoms with Crippen LogP contribution < -0.4 is 5.48 Å². The van der Waals surface area contributed by atoms with Crippen molar-refractivity contribution in [3.63, 3.8) is 0 Å². The lowest BCUT2D eigenvalue weighted by Gasteiger charge is -2.05. The van der Waals surface area contributed by atoms with Gasteiger partial charge in [0, 0.05) is 17.1 Å². The quantitative estimate of drug-likeness (QED) is 0.653. The Morgan fingerprint density at radius 2 is 2.00 bits per heavy atom. The number of halogens is 2. The number of aromatic hydroxyl groups is 1. The normalized spacial score (nSPS) is 10.2. The summed E-state index contributed by atoms with van der Waals surface area (Å²) >= 11 is 11.3. The second kappa shape index (κ2) is 3.96. The fraction of sp³-hybridized carbons (Fsp3) is 0.143. The van der Waals surface area contributed by atoms with Gasteiger partial charge in [-0.25, -0.2) is 5.48 Å². The van der Waals surface area contributed by atoms with Crippen LogP contribution in [0.3, 0.4) is 0 Å². The van der Waals surface area contributed by atoms with Gasteiger partial charge in [-0.2, -0.15) is 0 Å². The molecule has 1 rings (SSSR count). The van der Waals surface area contributed by atoms with Gasteiger partial charge in [0.15, 0.2) is 0 Å². The third kappa shape index (κ3) is 2.01. The first-order valence-corrected chi connectivity index (χ1v) is 3.94. The molecule has 5 heteroatoms. The van der Waals surface area contributed by atoms with Gasteiger partial charge in [0.05, 0.1) is 5.02 Å². The molecule has 0 aliphatic heterocycles. The number of phenolic OH excluding ortho intramolecular Hbond substituents is 1. The summed E-state index contributed by atoms with van der Waals surface area (Å²) in [6, 6.07) is 2.95. The molecule has 0 amide bonds. The minimum atomic E-state index is -0.0670. The smallest absolute Gasteiger partial charge is 0.138 e. The molecule has 0 fully saturated rings. The highest BCUT2D eigenvalue weighted by molar-refractivity contribution is 6.35. The Morgan fingerprint density at radius 1 is 1.33 bits per heavy atom. The molecule has 0 saturated heterocycles. The van der Waals surface area contributed by atoms with Gasteiger partial charge in [-0.05, 0) is 12.1 Å². The molecule has 0 spiro atoms. The highest BCUT2D eigenvalue weighted by Gasteiger charge is 2.06. The maximum atomic E-state index is 9.31. The van der Waals surface area contributed by atoms with Crippen molar-refractivity contribution in [1.29, 1.82) is 0 Å². The van der Waals surface area contributed by atoms with E-state index in [0.29, 0.717) is 10.6 Å². The summed E-state index contributed by atoms with van der Waals surface area (Å²) in [5.41, 5.74) is 2.36. The number of rotatable bonds is 2. The van der Waals surface area contributed by atoms with E-state index in [9.17, 15) is 5.11 Å². The van der Waals surface area contributed by atoms with Crippen LogP contribution in [0.4, 0.5) is 0 Å². The number of hydrogen-bond donors (Lipinski definition) is 3. The molecule has 0 aromatic heterocycles. The minimum Gasteiger partial charge on any atom is -0.506 e. The topological polar surface area (TPSA) is 52.5 Å². The molecule has 0 unspecified atom stereocenters. The van der Waals surface area contributed by atoms with Gasteiger partial charge in [-0.15, -0.1) is 0 Å². The maximum absolute atomic E-state index is 9.31. The molecule has 0 radical (unpaired) electrons. The van der Waals surface area contributed by atoms with Crippen molar-refractivity contribution in [3.05, 3.63) is 27.7 Å². The zero-order valence-corrected chi connectivity index (χ0v) is 7.52. The van der Waals surface area contributed by atoms with Crippen molar-refractivity contribution in [2.45, 2.75) is 6.54 Å². The van der Waals surface area contributed by atoms with E-state index in [-0.39, 0.29) is 17.3 Å². The van der Waals surface area contributed by atoms with Crippen LogP contribution in [0, 0.1) is 0 Å². The van der Waals surface area contributed by atoms with Crippen LogP contribution in [0.15, 0.2) is 12.1 Å². The van der Waals surface area contributed by atoms with Gasteiger partial charge in [0.25, 0.3) is 0 Å². The molecule has 3 N–H and O–H groups in total. The summed E-state index contributed by atoms with van der Waals surface area (Å²) < 4.78 is 0. The Kier molecular flexibility index (Phi) is 3.17. The number of hydrogen-bond acceptors (Lipinski definition) is 3. The Balaban J connectivity index is 3.09. The van der Waals surface area contributed by atoms with E-state index in [0.717, 1.165) is 0 Å². The van der Waals surface area contributed by atoms with E-state index in [1.165, 1.54) is 12.1 Å². The molecule has 0 saturated carbocycles. The minimum absolute atomic E-state index is 0.0670. The molecule has 0 heterocycles. The second-order valence-electron chi connectivity index (χ2n) is 2.23. The molecule has 1 aromatic rings. The molecule has 12 heavy (non-hydrogen) atoms. The lowest BCUT2D eigenvalue weighted by molar-refractivity contribution is 0.160. The van der Waals surface area contributed by atoms with Crippen LogP contribution in [0.1, 0.15) is 5.56 Å². The molecule has 3 nitrogen and oxygen atoms in total. The van der Waals surface area contributed by atoms with Crippen molar-refractivity contribution >= 4 is 23.2 Å². The van der Waals surface area contributed by atoms with Crippen molar-refractivity contribution in [2.75, 3.05) is 0 Å². The summed E-state index contributed by atoms with van der Waals surface area (Å²) in [6.07, 6.45) is 0. The fourth-order valence-electron chi connectivity index (χ4n) is 0.839. The van der Waals surface area contributed by atoms with Gasteiger partial charge < -0.3 is 10.3 Å². The van der Waals surface area contributed by atoms with Crippen molar-refractivity contribution in [1.82, 2.24) is 5.48 Å². The van der Waals surface area contributed by atoms with Crippen molar-refractivity contribution in [3.8, 4) is 5.75 Å². The summed E-state index contributed by atoms with van der Waals surface area (Å²) in [4.78, 5) is 0. The second-order valence-corrected chi connectivity index (χ2v) is 3.07. The molecule has 0 aliphatic carbocycles. The monoisotopic (exact) mass is 207 g/mol. The summed E-state index contributed by atoms with van der Waals surface area (Å²) in [6.45, 7) is 0.103. The lowest BCUT2D eigenvalue weighted by atomic mass is 10.2. The Labute approximate surface area is 79.5 Å². The van der Waals surface area contributed by atoms with E-state index >= 15 is 0 Å². The number of phenols is 1. The number of benzene rings is 1. The van der Waals surface area contributed by atoms with Gasteiger partial charge in [-0.3, -0.25) is 0 Å². The van der Waals surface area contributed by atoms with Gasteiger partial charge >= 0.3 is 0 Å². The Morgan fingerprint density at radius 3 is 2.58 bits per heavy atom. The predicted molar refractivity (Wildman–Crippen MR) is 46.8 cm³/mol. The molecule has 0 atom stereocenters. The summed E-state index contributed by atoms with van der Waals surface area (Å²) in [7, 11) is 0. The first-order valence-electron chi connectivity index (χ1n) is 3.19. The van der Waals surface area contributed by atoms with Crippen LogP contribution in [0.25, 0.3) is 0 Å². The van der Waals surface area contributed by atoms with Crippen molar-refractivity contribution in [2.24, 2.45) is 0 Å². The van der Waals surface area contributed by atoms with Gasteiger partial charge in [0.1, 0.15) is 5.75 Å². The van der Waals surface area contributed by atoms with E-state index < -0.39 is 0 Å². The molecule has 66 valence electrons. The first kappa shape index (κ1) is 9.61. The lowest BCUT2D eigenvalue weighted by Crippen LogP contribution is -2.06. The third-order valence-electron chi connectivity index (χ3n) is 1.38. The molecule has 0 bridgehead atoms. The Bertz CT molecular complexity index is 291. The number of nitrogens with one attached hydrogen (secondary N) is 1. The number of hydroxylamine groups is 1. The van der Waals surface area contributed by atoms with Crippen LogP contribution in [-0.2, 0) is 6.54 Å². The SMILES string of the molecule is ONCc1cc(Cl)cc(Cl)c1O. The van der Waals surface area contributed by atoms with Crippen LogP contribution in [-0.4, -0.2) is 10.3 Å². The highest BCUT2D eigenvalue weighted by atomic mass is 35.5. The van der Waals surface area contributed by atoms with Crippen LogP contribution in [0.5, 0.6) is 5.75 Å². The molecular weight excluding hydrogens is 201 g/mol. The van der Waals surface area contributed by atoms with E-state index in [1.54, 1.807) is 0 Å². The summed E-state index contributed by atoms with van der Waals surface area (Å²) in [5, 5.41) is 18.3. The summed E-state index contributed by atoms with van der Waals surface area (Å²) in [5.74, 6) is -0.0670. The van der Waals surface area contributed by atoms with E-state index in [1.807, 2.05) is 5.48 Å². The Hall–Kier alpha value is -0.480.